The first-order valence-electron chi connectivity index (χ1n) is 8.45. The molecule has 0 atom stereocenters. The molecular weight excluding hydrogens is 380 g/mol. The molecule has 6 nitrogen and oxygen atoms in total. The number of rotatable bonds is 7. The van der Waals surface area contributed by atoms with Gasteiger partial charge in [-0.2, -0.15) is 0 Å². The molecule has 0 aliphatic heterocycles. The van der Waals surface area contributed by atoms with Gasteiger partial charge in [-0.3, -0.25) is 4.79 Å². The fourth-order valence-corrected chi connectivity index (χ4v) is 2.38. The summed E-state index contributed by atoms with van der Waals surface area (Å²) >= 11 is 5.73. The quantitative estimate of drug-likeness (QED) is 0.608. The van der Waals surface area contributed by atoms with E-state index in [2.05, 4.69) is 10.3 Å². The zero-order valence-electron chi connectivity index (χ0n) is 14.8. The summed E-state index contributed by atoms with van der Waals surface area (Å²) in [6.07, 6.45) is 1.41. The third kappa shape index (κ3) is 5.82. The Balaban J connectivity index is 1.46. The Kier molecular flexibility index (Phi) is 6.59. The van der Waals surface area contributed by atoms with E-state index in [1.165, 1.54) is 6.20 Å². The normalized spacial score (nSPS) is 10.2. The lowest BCUT2D eigenvalue weighted by molar-refractivity contribution is -0.119. The average molecular weight is 397 g/mol. The molecule has 3 rings (SSSR count). The number of nitrogens with zero attached hydrogens (tertiary/aromatic N) is 1. The van der Waals surface area contributed by atoms with Crippen molar-refractivity contribution in [1.29, 1.82) is 0 Å². The van der Waals surface area contributed by atoms with Crippen molar-refractivity contribution in [2.45, 2.75) is 6.61 Å². The highest BCUT2D eigenvalue weighted by atomic mass is 35.5. The number of carbonyl (C=O) groups is 2. The van der Waals surface area contributed by atoms with Crippen LogP contribution in [0.2, 0.25) is 5.02 Å². The Morgan fingerprint density at radius 1 is 0.964 bits per heavy atom. The standard InChI is InChI=1S/C21H17ClN2O4/c22-17-8-11-19(23-12-17)24-20(25)14-28-21(26)16-6-9-18(10-7-16)27-13-15-4-2-1-3-5-15/h1-12H,13-14H2,(H,23,24,25). The minimum absolute atomic E-state index is 0.324. The van der Waals surface area contributed by atoms with Crippen molar-refractivity contribution in [3.8, 4) is 5.75 Å². The van der Waals surface area contributed by atoms with Gasteiger partial charge in [-0.1, -0.05) is 41.9 Å². The number of halogens is 1. The smallest absolute Gasteiger partial charge is 0.338 e. The summed E-state index contributed by atoms with van der Waals surface area (Å²) in [7, 11) is 0. The average Bonchev–Trinajstić information content (AvgIpc) is 2.73. The van der Waals surface area contributed by atoms with E-state index < -0.39 is 18.5 Å². The van der Waals surface area contributed by atoms with Crippen molar-refractivity contribution in [2.75, 3.05) is 11.9 Å². The highest BCUT2D eigenvalue weighted by Gasteiger charge is 2.11. The molecule has 28 heavy (non-hydrogen) atoms. The SMILES string of the molecule is O=C(COC(=O)c1ccc(OCc2ccccc2)cc1)Nc1ccc(Cl)cn1. The van der Waals surface area contributed by atoms with Crippen molar-refractivity contribution in [2.24, 2.45) is 0 Å². The summed E-state index contributed by atoms with van der Waals surface area (Å²) in [6, 6.07) is 19.4. The van der Waals surface area contributed by atoms with Crippen molar-refractivity contribution < 1.29 is 19.1 Å². The molecule has 1 N–H and O–H groups in total. The van der Waals surface area contributed by atoms with Crippen LogP contribution < -0.4 is 10.1 Å². The van der Waals surface area contributed by atoms with E-state index in [-0.39, 0.29) is 0 Å². The molecule has 0 bridgehead atoms. The molecule has 0 unspecified atom stereocenters. The van der Waals surface area contributed by atoms with Crippen LogP contribution in [0.5, 0.6) is 5.75 Å². The van der Waals surface area contributed by atoms with Gasteiger partial charge in [-0.15, -0.1) is 0 Å². The third-order valence-corrected chi connectivity index (χ3v) is 3.89. The highest BCUT2D eigenvalue weighted by Crippen LogP contribution is 2.15. The van der Waals surface area contributed by atoms with Crippen LogP contribution in [0.25, 0.3) is 0 Å². The highest BCUT2D eigenvalue weighted by molar-refractivity contribution is 6.30. The Morgan fingerprint density at radius 3 is 2.39 bits per heavy atom. The number of carbonyl (C=O) groups excluding carboxylic acids is 2. The molecule has 3 aromatic rings. The van der Waals surface area contributed by atoms with Gasteiger partial charge in [-0.25, -0.2) is 9.78 Å². The molecule has 0 saturated carbocycles. The summed E-state index contributed by atoms with van der Waals surface area (Å²) in [4.78, 5) is 27.8. The number of nitrogens with one attached hydrogen (secondary N) is 1. The van der Waals surface area contributed by atoms with Crippen LogP contribution in [0.3, 0.4) is 0 Å². The van der Waals surface area contributed by atoms with Crippen molar-refractivity contribution in [1.82, 2.24) is 4.98 Å². The monoisotopic (exact) mass is 396 g/mol. The van der Waals surface area contributed by atoms with E-state index in [0.29, 0.717) is 28.8 Å². The number of pyridine rings is 1. The first-order chi connectivity index (χ1) is 13.6. The molecule has 1 aromatic heterocycles. The number of hydrogen-bond donors (Lipinski definition) is 1. The number of esters is 1. The van der Waals surface area contributed by atoms with Gasteiger partial charge in [0.25, 0.3) is 5.91 Å². The van der Waals surface area contributed by atoms with Gasteiger partial charge >= 0.3 is 5.97 Å². The molecule has 142 valence electrons. The van der Waals surface area contributed by atoms with E-state index in [9.17, 15) is 9.59 Å². The zero-order valence-corrected chi connectivity index (χ0v) is 15.6. The molecule has 1 heterocycles. The van der Waals surface area contributed by atoms with Crippen LogP contribution in [-0.2, 0) is 16.1 Å². The van der Waals surface area contributed by atoms with E-state index in [1.54, 1.807) is 36.4 Å². The zero-order chi connectivity index (χ0) is 19.8. The van der Waals surface area contributed by atoms with Crippen molar-refractivity contribution >= 4 is 29.3 Å². The second-order valence-corrected chi connectivity index (χ2v) is 6.22. The molecule has 7 heteroatoms. The molecule has 1 amide bonds. The first kappa shape index (κ1) is 19.4. The van der Waals surface area contributed by atoms with Gasteiger partial charge in [0, 0.05) is 6.20 Å². The largest absolute Gasteiger partial charge is 0.489 e. The van der Waals surface area contributed by atoms with Crippen LogP contribution in [0.15, 0.2) is 72.9 Å². The van der Waals surface area contributed by atoms with Gasteiger partial charge < -0.3 is 14.8 Å². The fraction of sp³-hybridized carbons (Fsp3) is 0.0952. The van der Waals surface area contributed by atoms with E-state index in [0.717, 1.165) is 5.56 Å². The maximum atomic E-state index is 12.1. The summed E-state index contributed by atoms with van der Waals surface area (Å²) in [5.41, 5.74) is 1.37. The number of ether oxygens (including phenoxy) is 2. The predicted octanol–water partition coefficient (Wildman–Crippen LogP) is 4.11. The second-order valence-electron chi connectivity index (χ2n) is 5.78. The van der Waals surface area contributed by atoms with Gasteiger partial charge in [0.15, 0.2) is 6.61 Å². The van der Waals surface area contributed by atoms with Gasteiger partial charge in [-0.05, 0) is 42.0 Å². The number of amides is 1. The third-order valence-electron chi connectivity index (χ3n) is 3.67. The molecule has 0 fully saturated rings. The number of benzene rings is 2. The van der Waals surface area contributed by atoms with Gasteiger partial charge in [0.05, 0.1) is 10.6 Å². The lowest BCUT2D eigenvalue weighted by Crippen LogP contribution is -2.21. The van der Waals surface area contributed by atoms with Crippen LogP contribution in [0.4, 0.5) is 5.82 Å². The summed E-state index contributed by atoms with van der Waals surface area (Å²) in [5, 5.41) is 2.97. The van der Waals surface area contributed by atoms with E-state index >= 15 is 0 Å². The van der Waals surface area contributed by atoms with Crippen molar-refractivity contribution in [3.05, 3.63) is 89.1 Å². The second kappa shape index (κ2) is 9.53. The topological polar surface area (TPSA) is 77.5 Å². The molecule has 0 aliphatic carbocycles. The van der Waals surface area contributed by atoms with Crippen LogP contribution in [-0.4, -0.2) is 23.5 Å². The summed E-state index contributed by atoms with van der Waals surface area (Å²) in [5.74, 6) is -0.142. The Labute approximate surface area is 167 Å². The van der Waals surface area contributed by atoms with Gasteiger partial charge in [0.1, 0.15) is 18.2 Å². The van der Waals surface area contributed by atoms with Crippen molar-refractivity contribution in [3.63, 3.8) is 0 Å². The Morgan fingerprint density at radius 2 is 1.71 bits per heavy atom. The van der Waals surface area contributed by atoms with Gasteiger partial charge in [0.2, 0.25) is 0 Å². The minimum Gasteiger partial charge on any atom is -0.489 e. The lowest BCUT2D eigenvalue weighted by atomic mass is 10.2. The van der Waals surface area contributed by atoms with Crippen LogP contribution in [0, 0.1) is 0 Å². The number of anilines is 1. The molecular formula is C21H17ClN2O4. The minimum atomic E-state index is -0.603. The van der Waals surface area contributed by atoms with E-state index in [1.807, 2.05) is 30.3 Å². The Hall–Kier alpha value is -3.38. The first-order valence-corrected chi connectivity index (χ1v) is 8.83. The van der Waals surface area contributed by atoms with E-state index in [4.69, 9.17) is 21.1 Å². The van der Waals surface area contributed by atoms with Crippen LogP contribution >= 0.6 is 11.6 Å². The maximum absolute atomic E-state index is 12.1. The predicted molar refractivity (Wildman–Crippen MR) is 105 cm³/mol. The summed E-state index contributed by atoms with van der Waals surface area (Å²) in [6.45, 7) is 0.0128. The molecule has 2 aromatic carbocycles. The molecule has 0 saturated heterocycles. The number of hydrogen-bond acceptors (Lipinski definition) is 5. The Bertz CT molecular complexity index is 929. The molecule has 0 aliphatic rings. The fourth-order valence-electron chi connectivity index (χ4n) is 2.27. The molecule has 0 spiro atoms. The lowest BCUT2D eigenvalue weighted by Gasteiger charge is -2.08. The number of aromatic nitrogens is 1. The maximum Gasteiger partial charge on any atom is 0.338 e. The van der Waals surface area contributed by atoms with Crippen LogP contribution in [0.1, 0.15) is 15.9 Å². The molecule has 0 radical (unpaired) electrons. The summed E-state index contributed by atoms with van der Waals surface area (Å²) < 4.78 is 10.7.